The molecule has 0 radical (unpaired) electrons. The zero-order valence-corrected chi connectivity index (χ0v) is 12.7. The number of rotatable bonds is 1. The maximum Gasteiger partial charge on any atom is 0.137 e. The van der Waals surface area contributed by atoms with Crippen molar-refractivity contribution in [2.75, 3.05) is 18.6 Å². The van der Waals surface area contributed by atoms with Gasteiger partial charge in [-0.2, -0.15) is 0 Å². The van der Waals surface area contributed by atoms with Crippen molar-refractivity contribution in [3.05, 3.63) is 59.2 Å². The molecule has 0 N–H and O–H groups in total. The fourth-order valence-corrected chi connectivity index (χ4v) is 3.73. The number of ether oxygens (including phenoxy) is 1. The molecule has 3 heteroatoms. The minimum atomic E-state index is 0.173. The van der Waals surface area contributed by atoms with Gasteiger partial charge in [-0.15, -0.1) is 0 Å². The minimum Gasteiger partial charge on any atom is -0.497 e. The van der Waals surface area contributed by atoms with Gasteiger partial charge in [-0.25, -0.2) is 0 Å². The van der Waals surface area contributed by atoms with Gasteiger partial charge in [0, 0.05) is 25.1 Å². The van der Waals surface area contributed by atoms with Gasteiger partial charge >= 0.3 is 0 Å². The Bertz CT molecular complexity index is 738. The highest BCUT2D eigenvalue weighted by Crippen LogP contribution is 2.42. The summed E-state index contributed by atoms with van der Waals surface area (Å²) in [7, 11) is 1.70. The molecule has 0 aromatic heterocycles. The van der Waals surface area contributed by atoms with E-state index < -0.39 is 0 Å². The summed E-state index contributed by atoms with van der Waals surface area (Å²) in [6, 6.07) is 15.0. The predicted molar refractivity (Wildman–Crippen MR) is 86.6 cm³/mol. The first-order chi connectivity index (χ1) is 10.8. The number of anilines is 1. The number of benzene rings is 2. The van der Waals surface area contributed by atoms with Crippen molar-refractivity contribution in [3.8, 4) is 5.75 Å². The lowest BCUT2D eigenvalue weighted by atomic mass is 9.91. The van der Waals surface area contributed by atoms with Gasteiger partial charge in [0.25, 0.3) is 0 Å². The monoisotopic (exact) mass is 293 g/mol. The summed E-state index contributed by atoms with van der Waals surface area (Å²) in [5, 5.41) is 0. The topological polar surface area (TPSA) is 29.5 Å². The molecule has 2 aliphatic heterocycles. The lowest BCUT2D eigenvalue weighted by Gasteiger charge is -2.37. The highest BCUT2D eigenvalue weighted by atomic mass is 16.5. The third kappa shape index (κ3) is 2.08. The van der Waals surface area contributed by atoms with Gasteiger partial charge in [-0.05, 0) is 41.3 Å². The molecule has 1 unspecified atom stereocenters. The fraction of sp³-hybridized carbons (Fsp3) is 0.316. The van der Waals surface area contributed by atoms with E-state index in [2.05, 4.69) is 41.3 Å². The molecule has 112 valence electrons. The van der Waals surface area contributed by atoms with Crippen LogP contribution < -0.4 is 9.64 Å². The van der Waals surface area contributed by atoms with E-state index in [-0.39, 0.29) is 6.04 Å². The molecule has 1 atom stereocenters. The van der Waals surface area contributed by atoms with Crippen LogP contribution in [0.2, 0.25) is 0 Å². The van der Waals surface area contributed by atoms with Crippen LogP contribution in [0.15, 0.2) is 42.5 Å². The fourth-order valence-electron chi connectivity index (χ4n) is 3.73. The quantitative estimate of drug-likeness (QED) is 0.806. The Balaban J connectivity index is 1.90. The summed E-state index contributed by atoms with van der Waals surface area (Å²) in [4.78, 5) is 14.4. The van der Waals surface area contributed by atoms with Crippen LogP contribution in [-0.4, -0.2) is 19.4 Å². The first kappa shape index (κ1) is 13.4. The van der Waals surface area contributed by atoms with E-state index >= 15 is 0 Å². The van der Waals surface area contributed by atoms with Crippen LogP contribution in [0, 0.1) is 0 Å². The molecule has 0 bridgehead atoms. The summed E-state index contributed by atoms with van der Waals surface area (Å²) < 4.78 is 5.39. The SMILES string of the molecule is COc1ccc2c(c1)Cc1ccccc1C1CC(=O)CCN21. The normalized spacial score (nSPS) is 19.8. The molecule has 2 heterocycles. The molecule has 0 aliphatic carbocycles. The Morgan fingerprint density at radius 1 is 1.14 bits per heavy atom. The Labute approximate surface area is 130 Å². The Morgan fingerprint density at radius 3 is 2.86 bits per heavy atom. The maximum absolute atomic E-state index is 12.0. The molecule has 1 saturated heterocycles. The van der Waals surface area contributed by atoms with Crippen LogP contribution >= 0.6 is 0 Å². The van der Waals surface area contributed by atoms with E-state index in [0.717, 1.165) is 18.7 Å². The molecule has 2 aromatic carbocycles. The highest BCUT2D eigenvalue weighted by Gasteiger charge is 2.33. The van der Waals surface area contributed by atoms with Crippen molar-refractivity contribution in [2.24, 2.45) is 0 Å². The van der Waals surface area contributed by atoms with Crippen LogP contribution in [0.5, 0.6) is 5.75 Å². The van der Waals surface area contributed by atoms with Crippen LogP contribution in [0.1, 0.15) is 35.6 Å². The number of Topliss-reactive ketones (excluding diaryl/α,β-unsaturated/α-hetero) is 1. The summed E-state index contributed by atoms with van der Waals surface area (Å²) in [5.41, 5.74) is 5.14. The second-order valence-electron chi connectivity index (χ2n) is 6.07. The molecule has 3 nitrogen and oxygen atoms in total. The molecule has 4 rings (SSSR count). The summed E-state index contributed by atoms with van der Waals surface area (Å²) >= 11 is 0. The van der Waals surface area contributed by atoms with Gasteiger partial charge in [0.05, 0.1) is 13.2 Å². The number of carbonyl (C=O) groups is 1. The first-order valence-electron chi connectivity index (χ1n) is 7.79. The van der Waals surface area contributed by atoms with Crippen molar-refractivity contribution in [3.63, 3.8) is 0 Å². The molecule has 0 spiro atoms. The molecule has 2 aromatic rings. The zero-order chi connectivity index (χ0) is 15.1. The van der Waals surface area contributed by atoms with Crippen LogP contribution in [0.25, 0.3) is 0 Å². The smallest absolute Gasteiger partial charge is 0.137 e. The number of ketones is 1. The van der Waals surface area contributed by atoms with E-state index in [4.69, 9.17) is 4.74 Å². The predicted octanol–water partition coefficient (Wildman–Crippen LogP) is 3.51. The van der Waals surface area contributed by atoms with E-state index in [1.165, 1.54) is 22.4 Å². The second kappa shape index (κ2) is 5.16. The van der Waals surface area contributed by atoms with E-state index in [1.54, 1.807) is 7.11 Å². The zero-order valence-electron chi connectivity index (χ0n) is 12.7. The van der Waals surface area contributed by atoms with Crippen molar-refractivity contribution in [1.29, 1.82) is 0 Å². The summed E-state index contributed by atoms with van der Waals surface area (Å²) in [6.07, 6.45) is 2.15. The summed E-state index contributed by atoms with van der Waals surface area (Å²) in [5.74, 6) is 1.26. The average Bonchev–Trinajstić information content (AvgIpc) is 2.68. The van der Waals surface area contributed by atoms with Gasteiger partial charge in [0.2, 0.25) is 0 Å². The van der Waals surface area contributed by atoms with Crippen molar-refractivity contribution in [1.82, 2.24) is 0 Å². The van der Waals surface area contributed by atoms with Crippen LogP contribution in [-0.2, 0) is 11.2 Å². The van der Waals surface area contributed by atoms with E-state index in [9.17, 15) is 4.79 Å². The average molecular weight is 293 g/mol. The number of fused-ring (bicyclic) bond motifs is 5. The largest absolute Gasteiger partial charge is 0.497 e. The van der Waals surface area contributed by atoms with Crippen molar-refractivity contribution in [2.45, 2.75) is 25.3 Å². The second-order valence-corrected chi connectivity index (χ2v) is 6.07. The maximum atomic E-state index is 12.0. The molecule has 0 amide bonds. The van der Waals surface area contributed by atoms with Crippen LogP contribution in [0.4, 0.5) is 5.69 Å². The Kier molecular flexibility index (Phi) is 3.14. The van der Waals surface area contributed by atoms with Gasteiger partial charge in [-0.1, -0.05) is 24.3 Å². The van der Waals surface area contributed by atoms with E-state index in [1.807, 2.05) is 6.07 Å². The van der Waals surface area contributed by atoms with Gasteiger partial charge in [-0.3, -0.25) is 4.79 Å². The number of methoxy groups -OCH3 is 1. The number of nitrogens with zero attached hydrogens (tertiary/aromatic N) is 1. The number of piperidine rings is 1. The van der Waals surface area contributed by atoms with Gasteiger partial charge in [0.1, 0.15) is 11.5 Å². The molecular formula is C19H19NO2. The Morgan fingerprint density at radius 2 is 2.00 bits per heavy atom. The van der Waals surface area contributed by atoms with Crippen molar-refractivity contribution >= 4 is 11.5 Å². The lowest BCUT2D eigenvalue weighted by molar-refractivity contribution is -0.120. The number of carbonyl (C=O) groups excluding carboxylic acids is 1. The standard InChI is InChI=1S/C19H19NO2/c1-22-16-6-7-18-14(11-16)10-13-4-2-3-5-17(13)19-12-15(21)8-9-20(18)19/h2-7,11,19H,8-10,12H2,1H3. The molecule has 22 heavy (non-hydrogen) atoms. The van der Waals surface area contributed by atoms with Gasteiger partial charge < -0.3 is 9.64 Å². The molecule has 1 fully saturated rings. The van der Waals surface area contributed by atoms with Gasteiger partial charge in [0.15, 0.2) is 0 Å². The third-order valence-corrected chi connectivity index (χ3v) is 4.82. The molecule has 0 saturated carbocycles. The third-order valence-electron chi connectivity index (χ3n) is 4.82. The number of hydrogen-bond acceptors (Lipinski definition) is 3. The lowest BCUT2D eigenvalue weighted by Crippen LogP contribution is -2.37. The van der Waals surface area contributed by atoms with E-state index in [0.29, 0.717) is 18.6 Å². The van der Waals surface area contributed by atoms with Crippen molar-refractivity contribution < 1.29 is 9.53 Å². The highest BCUT2D eigenvalue weighted by molar-refractivity contribution is 5.83. The molecular weight excluding hydrogens is 274 g/mol. The van der Waals surface area contributed by atoms with Crippen LogP contribution in [0.3, 0.4) is 0 Å². The summed E-state index contributed by atoms with van der Waals surface area (Å²) in [6.45, 7) is 0.803. The minimum absolute atomic E-state index is 0.173. The first-order valence-corrected chi connectivity index (χ1v) is 7.79. The molecule has 2 aliphatic rings. The number of hydrogen-bond donors (Lipinski definition) is 0. The Hall–Kier alpha value is -2.29.